The van der Waals surface area contributed by atoms with Crippen LogP contribution in [-0.4, -0.2) is 37.4 Å². The number of amides is 2. The van der Waals surface area contributed by atoms with Crippen LogP contribution in [0.5, 0.6) is 0 Å². The first-order valence-electron chi connectivity index (χ1n) is 6.30. The fraction of sp³-hybridized carbons (Fsp3) is 0.467. The smallest absolute Gasteiger partial charge is 0.251 e. The molecule has 1 rings (SSSR count). The van der Waals surface area contributed by atoms with Gasteiger partial charge in [-0.25, -0.2) is 0 Å². The molecule has 0 saturated carbocycles. The summed E-state index contributed by atoms with van der Waals surface area (Å²) in [7, 11) is 3.32. The highest BCUT2D eigenvalue weighted by Gasteiger charge is 2.14. The van der Waals surface area contributed by atoms with E-state index in [2.05, 4.69) is 26.1 Å². The second-order valence-electron chi connectivity index (χ2n) is 5.80. The molecule has 0 aliphatic carbocycles. The molecule has 0 heterocycles. The van der Waals surface area contributed by atoms with Crippen molar-refractivity contribution in [2.45, 2.75) is 26.2 Å². The van der Waals surface area contributed by atoms with Crippen molar-refractivity contribution in [3.05, 3.63) is 35.4 Å². The molecule has 4 heteroatoms. The molecule has 1 aromatic rings. The summed E-state index contributed by atoms with van der Waals surface area (Å²) >= 11 is 0. The predicted octanol–water partition coefficient (Wildman–Crippen LogP) is 1.80. The van der Waals surface area contributed by atoms with Gasteiger partial charge in [0, 0.05) is 19.7 Å². The molecule has 0 atom stereocenters. The van der Waals surface area contributed by atoms with Gasteiger partial charge in [0.15, 0.2) is 0 Å². The lowest BCUT2D eigenvalue weighted by atomic mass is 9.87. The maximum atomic E-state index is 11.9. The lowest BCUT2D eigenvalue weighted by molar-refractivity contribution is -0.127. The number of likely N-dealkylation sites (N-methyl/N-ethyl adjacent to an activating group) is 1. The maximum absolute atomic E-state index is 11.9. The van der Waals surface area contributed by atoms with Gasteiger partial charge in [0.2, 0.25) is 5.91 Å². The molecule has 0 unspecified atom stereocenters. The van der Waals surface area contributed by atoms with Crippen molar-refractivity contribution in [2.75, 3.05) is 20.6 Å². The summed E-state index contributed by atoms with van der Waals surface area (Å²) in [5.41, 5.74) is 1.81. The zero-order chi connectivity index (χ0) is 14.6. The maximum Gasteiger partial charge on any atom is 0.251 e. The third-order valence-electron chi connectivity index (χ3n) is 2.91. The molecular formula is C15H22N2O2. The van der Waals surface area contributed by atoms with Gasteiger partial charge in [-0.3, -0.25) is 9.59 Å². The quantitative estimate of drug-likeness (QED) is 0.903. The molecule has 4 nitrogen and oxygen atoms in total. The van der Waals surface area contributed by atoms with E-state index in [0.29, 0.717) is 5.56 Å². The number of benzene rings is 1. The minimum Gasteiger partial charge on any atom is -0.347 e. The lowest BCUT2D eigenvalue weighted by Crippen LogP contribution is -2.36. The molecule has 19 heavy (non-hydrogen) atoms. The Hall–Kier alpha value is -1.84. The van der Waals surface area contributed by atoms with Crippen molar-refractivity contribution in [3.63, 3.8) is 0 Å². The van der Waals surface area contributed by atoms with Crippen molar-refractivity contribution in [1.82, 2.24) is 10.2 Å². The number of carbonyl (C=O) groups is 2. The van der Waals surface area contributed by atoms with E-state index in [4.69, 9.17) is 0 Å². The van der Waals surface area contributed by atoms with Gasteiger partial charge in [-0.2, -0.15) is 0 Å². The first-order valence-corrected chi connectivity index (χ1v) is 6.30. The monoisotopic (exact) mass is 262 g/mol. The van der Waals surface area contributed by atoms with Crippen molar-refractivity contribution < 1.29 is 9.59 Å². The van der Waals surface area contributed by atoms with Gasteiger partial charge in [-0.05, 0) is 23.1 Å². The van der Waals surface area contributed by atoms with Gasteiger partial charge >= 0.3 is 0 Å². The summed E-state index contributed by atoms with van der Waals surface area (Å²) in [6.45, 7) is 6.39. The third-order valence-corrected chi connectivity index (χ3v) is 2.91. The molecule has 0 saturated heterocycles. The number of hydrogen-bond donors (Lipinski definition) is 1. The van der Waals surface area contributed by atoms with Gasteiger partial charge in [0.1, 0.15) is 0 Å². The van der Waals surface area contributed by atoms with Crippen LogP contribution in [0.25, 0.3) is 0 Å². The van der Waals surface area contributed by atoms with Crippen molar-refractivity contribution in [2.24, 2.45) is 0 Å². The molecule has 104 valence electrons. The number of nitrogens with one attached hydrogen (secondary N) is 1. The van der Waals surface area contributed by atoms with Gasteiger partial charge in [-0.1, -0.05) is 32.9 Å². The van der Waals surface area contributed by atoms with E-state index in [1.165, 1.54) is 10.5 Å². The van der Waals surface area contributed by atoms with Crippen LogP contribution >= 0.6 is 0 Å². The van der Waals surface area contributed by atoms with Gasteiger partial charge in [-0.15, -0.1) is 0 Å². The summed E-state index contributed by atoms with van der Waals surface area (Å²) in [6, 6.07) is 7.47. The normalized spacial score (nSPS) is 11.0. The van der Waals surface area contributed by atoms with E-state index in [0.717, 1.165) is 0 Å². The van der Waals surface area contributed by atoms with Gasteiger partial charge < -0.3 is 10.2 Å². The molecule has 1 aromatic carbocycles. The van der Waals surface area contributed by atoms with E-state index in [1.54, 1.807) is 26.2 Å². The molecule has 0 radical (unpaired) electrons. The highest BCUT2D eigenvalue weighted by Crippen LogP contribution is 2.22. The largest absolute Gasteiger partial charge is 0.347 e. The molecule has 2 amide bonds. The van der Waals surface area contributed by atoms with Crippen molar-refractivity contribution >= 4 is 11.8 Å². The summed E-state index contributed by atoms with van der Waals surface area (Å²) in [5, 5.41) is 2.61. The van der Waals surface area contributed by atoms with Crippen LogP contribution in [-0.2, 0) is 10.2 Å². The number of hydrogen-bond acceptors (Lipinski definition) is 2. The van der Waals surface area contributed by atoms with Crippen LogP contribution in [0.2, 0.25) is 0 Å². The number of nitrogens with zero attached hydrogens (tertiary/aromatic N) is 1. The van der Waals surface area contributed by atoms with Crippen LogP contribution in [0.3, 0.4) is 0 Å². The molecule has 0 spiro atoms. The van der Waals surface area contributed by atoms with E-state index in [1.807, 2.05) is 12.1 Å². The average molecular weight is 262 g/mol. The molecule has 0 fully saturated rings. The van der Waals surface area contributed by atoms with Crippen molar-refractivity contribution in [3.8, 4) is 0 Å². The first-order chi connectivity index (χ1) is 8.71. The van der Waals surface area contributed by atoms with Crippen LogP contribution in [0, 0.1) is 0 Å². The Balaban J connectivity index is 2.66. The lowest BCUT2D eigenvalue weighted by Gasteiger charge is -2.19. The van der Waals surface area contributed by atoms with Crippen LogP contribution in [0.1, 0.15) is 36.7 Å². The Morgan fingerprint density at radius 2 is 1.63 bits per heavy atom. The second kappa shape index (κ2) is 5.87. The van der Waals surface area contributed by atoms with Crippen molar-refractivity contribution in [1.29, 1.82) is 0 Å². The predicted molar refractivity (Wildman–Crippen MR) is 76.2 cm³/mol. The fourth-order valence-corrected chi connectivity index (χ4v) is 1.54. The highest BCUT2D eigenvalue weighted by molar-refractivity contribution is 5.96. The standard InChI is InChI=1S/C15H22N2O2/c1-15(2,3)12-8-6-11(7-9-12)14(19)16-10-13(18)17(4)5/h6-9H,10H2,1-5H3,(H,16,19). The Labute approximate surface area is 114 Å². The molecule has 1 N–H and O–H groups in total. The Bertz CT molecular complexity index is 456. The summed E-state index contributed by atoms with van der Waals surface area (Å²) in [6.07, 6.45) is 0. The van der Waals surface area contributed by atoms with E-state index in [-0.39, 0.29) is 23.8 Å². The van der Waals surface area contributed by atoms with E-state index >= 15 is 0 Å². The van der Waals surface area contributed by atoms with Gasteiger partial charge in [0.25, 0.3) is 5.91 Å². The second-order valence-corrected chi connectivity index (χ2v) is 5.80. The summed E-state index contributed by atoms with van der Waals surface area (Å²) in [4.78, 5) is 24.7. The molecular weight excluding hydrogens is 240 g/mol. The van der Waals surface area contributed by atoms with E-state index < -0.39 is 0 Å². The third kappa shape index (κ3) is 4.39. The molecule has 0 bridgehead atoms. The highest BCUT2D eigenvalue weighted by atomic mass is 16.2. The zero-order valence-electron chi connectivity index (χ0n) is 12.3. The average Bonchev–Trinajstić information content (AvgIpc) is 2.34. The SMILES string of the molecule is CN(C)C(=O)CNC(=O)c1ccc(C(C)(C)C)cc1. The number of carbonyl (C=O) groups excluding carboxylic acids is 2. The molecule has 0 aliphatic rings. The van der Waals surface area contributed by atoms with E-state index in [9.17, 15) is 9.59 Å². The molecule has 0 aromatic heterocycles. The minimum absolute atomic E-state index is 0.0207. The molecule has 0 aliphatic heterocycles. The van der Waals surface area contributed by atoms with Crippen LogP contribution in [0.15, 0.2) is 24.3 Å². The Morgan fingerprint density at radius 1 is 1.11 bits per heavy atom. The Kier molecular flexibility index (Phi) is 4.70. The van der Waals surface area contributed by atoms with Gasteiger partial charge in [0.05, 0.1) is 6.54 Å². The first kappa shape index (κ1) is 15.2. The summed E-state index contributed by atoms with van der Waals surface area (Å²) in [5.74, 6) is -0.352. The van der Waals surface area contributed by atoms with Crippen LogP contribution < -0.4 is 5.32 Å². The number of rotatable bonds is 3. The topological polar surface area (TPSA) is 49.4 Å². The fourth-order valence-electron chi connectivity index (χ4n) is 1.54. The zero-order valence-corrected chi connectivity index (χ0v) is 12.3. The Morgan fingerprint density at radius 3 is 2.05 bits per heavy atom. The summed E-state index contributed by atoms with van der Waals surface area (Å²) < 4.78 is 0. The van der Waals surface area contributed by atoms with Crippen LogP contribution in [0.4, 0.5) is 0 Å². The minimum atomic E-state index is -0.226.